The standard InChI is InChI=1S/C16H21N3O4/c1-11-8-15(19-23-11)18-16(21)17-9-14(20)10-22-12(2)13-6-4-3-5-7-13/h3-8,12,14,20H,9-10H2,1-2H3,(H2,17,18,19,21)/t12-,14+/m1/s1. The molecule has 7 heteroatoms. The number of carbonyl (C=O) groups excluding carboxylic acids is 1. The monoisotopic (exact) mass is 319 g/mol. The number of urea groups is 1. The summed E-state index contributed by atoms with van der Waals surface area (Å²) in [5, 5.41) is 18.5. The number of nitrogens with zero attached hydrogens (tertiary/aromatic N) is 1. The number of aliphatic hydroxyl groups excluding tert-OH is 1. The van der Waals surface area contributed by atoms with Gasteiger partial charge in [0, 0.05) is 12.6 Å². The number of carbonyl (C=O) groups is 1. The van der Waals surface area contributed by atoms with E-state index < -0.39 is 12.1 Å². The molecule has 2 atom stereocenters. The minimum Gasteiger partial charge on any atom is -0.389 e. The number of aliphatic hydroxyl groups is 1. The summed E-state index contributed by atoms with van der Waals surface area (Å²) in [6.07, 6.45) is -0.927. The molecule has 7 nitrogen and oxygen atoms in total. The van der Waals surface area contributed by atoms with Gasteiger partial charge in [-0.3, -0.25) is 5.32 Å². The number of aromatic nitrogens is 1. The highest BCUT2D eigenvalue weighted by molar-refractivity contribution is 5.88. The predicted molar refractivity (Wildman–Crippen MR) is 85.1 cm³/mol. The van der Waals surface area contributed by atoms with E-state index in [-0.39, 0.29) is 19.3 Å². The van der Waals surface area contributed by atoms with E-state index in [0.29, 0.717) is 11.6 Å². The molecule has 124 valence electrons. The maximum absolute atomic E-state index is 11.6. The molecule has 0 aliphatic carbocycles. The minimum absolute atomic E-state index is 0.0736. The molecule has 1 aromatic heterocycles. The summed E-state index contributed by atoms with van der Waals surface area (Å²) < 4.78 is 10.4. The first-order valence-corrected chi connectivity index (χ1v) is 7.37. The summed E-state index contributed by atoms with van der Waals surface area (Å²) in [5.41, 5.74) is 1.03. The van der Waals surface area contributed by atoms with E-state index in [1.165, 1.54) is 0 Å². The van der Waals surface area contributed by atoms with Crippen LogP contribution >= 0.6 is 0 Å². The lowest BCUT2D eigenvalue weighted by atomic mass is 10.1. The van der Waals surface area contributed by atoms with E-state index in [1.54, 1.807) is 13.0 Å². The van der Waals surface area contributed by atoms with Gasteiger partial charge in [-0.2, -0.15) is 0 Å². The molecule has 2 aromatic rings. The van der Waals surface area contributed by atoms with Crippen LogP contribution in [0.5, 0.6) is 0 Å². The molecule has 1 heterocycles. The fourth-order valence-corrected chi connectivity index (χ4v) is 1.93. The van der Waals surface area contributed by atoms with Crippen LogP contribution in [0, 0.1) is 6.92 Å². The second kappa shape index (κ2) is 8.30. The number of anilines is 1. The first-order chi connectivity index (χ1) is 11.0. The van der Waals surface area contributed by atoms with Gasteiger partial charge in [0.05, 0.1) is 18.8 Å². The molecular weight excluding hydrogens is 298 g/mol. The van der Waals surface area contributed by atoms with E-state index in [2.05, 4.69) is 15.8 Å². The topological polar surface area (TPSA) is 96.6 Å². The predicted octanol–water partition coefficient (Wildman–Crippen LogP) is 2.24. The van der Waals surface area contributed by atoms with Crippen LogP contribution in [0.4, 0.5) is 10.6 Å². The number of hydrogen-bond acceptors (Lipinski definition) is 5. The van der Waals surface area contributed by atoms with Gasteiger partial charge < -0.3 is 19.7 Å². The van der Waals surface area contributed by atoms with Crippen molar-refractivity contribution in [2.45, 2.75) is 26.1 Å². The Balaban J connectivity index is 1.66. The van der Waals surface area contributed by atoms with Crippen LogP contribution in [0.3, 0.4) is 0 Å². The van der Waals surface area contributed by atoms with Crippen LogP contribution in [-0.2, 0) is 4.74 Å². The normalized spacial score (nSPS) is 13.3. The summed E-state index contributed by atoms with van der Waals surface area (Å²) in [7, 11) is 0. The van der Waals surface area contributed by atoms with Gasteiger partial charge in [-0.05, 0) is 19.4 Å². The van der Waals surface area contributed by atoms with Crippen LogP contribution in [0.2, 0.25) is 0 Å². The van der Waals surface area contributed by atoms with Crippen LogP contribution < -0.4 is 10.6 Å². The summed E-state index contributed by atoms with van der Waals surface area (Å²) in [6.45, 7) is 3.84. The van der Waals surface area contributed by atoms with Crippen molar-refractivity contribution < 1.29 is 19.2 Å². The third kappa shape index (κ3) is 5.72. The Labute approximate surface area is 134 Å². The Bertz CT molecular complexity index is 615. The quantitative estimate of drug-likeness (QED) is 0.727. The smallest absolute Gasteiger partial charge is 0.320 e. The number of ether oxygens (including phenoxy) is 1. The van der Waals surface area contributed by atoms with Gasteiger partial charge >= 0.3 is 6.03 Å². The molecule has 23 heavy (non-hydrogen) atoms. The lowest BCUT2D eigenvalue weighted by Crippen LogP contribution is -2.37. The summed E-state index contributed by atoms with van der Waals surface area (Å²) in [5.74, 6) is 0.923. The molecule has 0 saturated carbocycles. The number of benzene rings is 1. The third-order valence-electron chi connectivity index (χ3n) is 3.18. The highest BCUT2D eigenvalue weighted by Crippen LogP contribution is 2.15. The van der Waals surface area contributed by atoms with E-state index >= 15 is 0 Å². The first-order valence-electron chi connectivity index (χ1n) is 7.37. The van der Waals surface area contributed by atoms with Crippen LogP contribution in [0.1, 0.15) is 24.4 Å². The van der Waals surface area contributed by atoms with Crippen molar-refractivity contribution in [1.29, 1.82) is 0 Å². The molecule has 3 N–H and O–H groups in total. The summed E-state index contributed by atoms with van der Waals surface area (Å²) in [4.78, 5) is 11.6. The molecule has 0 bridgehead atoms. The minimum atomic E-state index is -0.800. The zero-order valence-corrected chi connectivity index (χ0v) is 13.2. The Morgan fingerprint density at radius 1 is 1.39 bits per heavy atom. The van der Waals surface area contributed by atoms with Gasteiger partial charge in [-0.25, -0.2) is 4.79 Å². The number of aryl methyl sites for hydroxylation is 1. The Morgan fingerprint density at radius 2 is 2.13 bits per heavy atom. The van der Waals surface area contributed by atoms with Crippen molar-refractivity contribution in [3.63, 3.8) is 0 Å². The number of nitrogens with one attached hydrogen (secondary N) is 2. The lowest BCUT2D eigenvalue weighted by molar-refractivity contribution is -0.000954. The second-order valence-electron chi connectivity index (χ2n) is 5.20. The van der Waals surface area contributed by atoms with Gasteiger partial charge in [-0.15, -0.1) is 0 Å². The fraction of sp³-hybridized carbons (Fsp3) is 0.375. The highest BCUT2D eigenvalue weighted by atomic mass is 16.5. The SMILES string of the molecule is Cc1cc(NC(=O)NC[C@H](O)CO[C@H](C)c2ccccc2)no1. The molecule has 0 spiro atoms. The Hall–Kier alpha value is -2.38. The van der Waals surface area contributed by atoms with Crippen molar-refractivity contribution in [1.82, 2.24) is 10.5 Å². The fourth-order valence-electron chi connectivity index (χ4n) is 1.93. The molecule has 0 fully saturated rings. The van der Waals surface area contributed by atoms with E-state index in [1.807, 2.05) is 37.3 Å². The second-order valence-corrected chi connectivity index (χ2v) is 5.20. The molecule has 0 saturated heterocycles. The summed E-state index contributed by atoms with van der Waals surface area (Å²) >= 11 is 0. The van der Waals surface area contributed by atoms with Crippen molar-refractivity contribution in [2.75, 3.05) is 18.5 Å². The maximum atomic E-state index is 11.6. The van der Waals surface area contributed by atoms with Gasteiger partial charge in [0.25, 0.3) is 0 Å². The molecule has 2 amide bonds. The van der Waals surface area contributed by atoms with Crippen LogP contribution in [0.25, 0.3) is 0 Å². The zero-order chi connectivity index (χ0) is 16.7. The molecule has 1 aromatic carbocycles. The van der Waals surface area contributed by atoms with Gasteiger partial charge in [0.1, 0.15) is 5.76 Å². The lowest BCUT2D eigenvalue weighted by Gasteiger charge is -2.17. The van der Waals surface area contributed by atoms with Gasteiger partial charge in [0.2, 0.25) is 0 Å². The zero-order valence-electron chi connectivity index (χ0n) is 13.2. The van der Waals surface area contributed by atoms with Crippen molar-refractivity contribution in [3.05, 3.63) is 47.7 Å². The van der Waals surface area contributed by atoms with Crippen molar-refractivity contribution >= 4 is 11.8 Å². The van der Waals surface area contributed by atoms with Crippen LogP contribution in [0.15, 0.2) is 40.9 Å². The van der Waals surface area contributed by atoms with Crippen molar-refractivity contribution in [3.8, 4) is 0 Å². The maximum Gasteiger partial charge on any atom is 0.320 e. The molecule has 2 rings (SSSR count). The van der Waals surface area contributed by atoms with E-state index in [0.717, 1.165) is 5.56 Å². The van der Waals surface area contributed by atoms with Gasteiger partial charge in [0.15, 0.2) is 5.82 Å². The summed E-state index contributed by atoms with van der Waals surface area (Å²) in [6, 6.07) is 10.9. The van der Waals surface area contributed by atoms with E-state index in [9.17, 15) is 9.90 Å². The molecule has 0 unspecified atom stereocenters. The number of hydrogen-bond donors (Lipinski definition) is 3. The number of rotatable bonds is 7. The van der Waals surface area contributed by atoms with E-state index in [4.69, 9.17) is 9.26 Å². The average molecular weight is 319 g/mol. The molecular formula is C16H21N3O4. The molecule has 0 radical (unpaired) electrons. The first kappa shape index (κ1) is 17.0. The average Bonchev–Trinajstić information content (AvgIpc) is 2.96. The van der Waals surface area contributed by atoms with Crippen LogP contribution in [-0.4, -0.2) is 35.5 Å². The largest absolute Gasteiger partial charge is 0.389 e. The Morgan fingerprint density at radius 3 is 2.78 bits per heavy atom. The number of amides is 2. The molecule has 0 aliphatic rings. The third-order valence-corrected chi connectivity index (χ3v) is 3.18. The van der Waals surface area contributed by atoms with Crippen molar-refractivity contribution in [2.24, 2.45) is 0 Å². The van der Waals surface area contributed by atoms with Gasteiger partial charge in [-0.1, -0.05) is 35.5 Å². The Kier molecular flexibility index (Phi) is 6.13. The highest BCUT2D eigenvalue weighted by Gasteiger charge is 2.12. The molecule has 0 aliphatic heterocycles.